The van der Waals surface area contributed by atoms with Crippen molar-refractivity contribution in [3.63, 3.8) is 0 Å². The first-order chi connectivity index (χ1) is 17.2. The molecule has 0 bridgehead atoms. The highest BCUT2D eigenvalue weighted by Crippen LogP contribution is 2.30. The topological polar surface area (TPSA) is 97.1 Å². The number of pyridine rings is 1. The number of rotatable bonds is 13. The van der Waals surface area contributed by atoms with Gasteiger partial charge in [-0.3, -0.25) is 4.79 Å². The molecule has 1 aromatic carbocycles. The maximum absolute atomic E-state index is 13.0. The van der Waals surface area contributed by atoms with Gasteiger partial charge in [0.15, 0.2) is 0 Å². The number of amides is 1. The minimum atomic E-state index is -0.325. The number of nitrogens with one attached hydrogen (secondary N) is 2. The lowest BCUT2D eigenvalue weighted by molar-refractivity contribution is -0.115. The summed E-state index contributed by atoms with van der Waals surface area (Å²) in [5.74, 6) is 0.515. The quantitative estimate of drug-likeness (QED) is 0.325. The van der Waals surface area contributed by atoms with Gasteiger partial charge in [0.1, 0.15) is 35.0 Å². The SMILES string of the molecule is CCCCNCCOCCOc1ccc(CNC(=O)C2=C(O)CCc3c2nc2ccccn32)cc1. The van der Waals surface area contributed by atoms with E-state index in [0.717, 1.165) is 35.7 Å². The Labute approximate surface area is 206 Å². The van der Waals surface area contributed by atoms with Crippen LogP contribution in [0.2, 0.25) is 0 Å². The van der Waals surface area contributed by atoms with Crippen molar-refractivity contribution in [2.24, 2.45) is 0 Å². The highest BCUT2D eigenvalue weighted by molar-refractivity contribution is 6.20. The van der Waals surface area contributed by atoms with Gasteiger partial charge in [-0.2, -0.15) is 0 Å². The van der Waals surface area contributed by atoms with Crippen LogP contribution >= 0.6 is 0 Å². The Morgan fingerprint density at radius 3 is 2.77 bits per heavy atom. The molecule has 1 aliphatic carbocycles. The molecule has 2 aromatic heterocycles. The van der Waals surface area contributed by atoms with Crippen molar-refractivity contribution >= 4 is 17.1 Å². The van der Waals surface area contributed by atoms with E-state index < -0.39 is 0 Å². The van der Waals surface area contributed by atoms with Crippen molar-refractivity contribution in [1.29, 1.82) is 0 Å². The molecule has 0 fully saturated rings. The van der Waals surface area contributed by atoms with Gasteiger partial charge in [-0.05, 0) is 49.2 Å². The van der Waals surface area contributed by atoms with Crippen molar-refractivity contribution in [2.75, 3.05) is 32.9 Å². The van der Waals surface area contributed by atoms with Gasteiger partial charge >= 0.3 is 0 Å². The second kappa shape index (κ2) is 12.4. The van der Waals surface area contributed by atoms with Gasteiger partial charge in [0.2, 0.25) is 0 Å². The first kappa shape index (κ1) is 24.8. The van der Waals surface area contributed by atoms with E-state index in [2.05, 4.69) is 22.5 Å². The maximum Gasteiger partial charge on any atom is 0.257 e. The molecule has 8 heteroatoms. The van der Waals surface area contributed by atoms with Crippen molar-refractivity contribution < 1.29 is 19.4 Å². The van der Waals surface area contributed by atoms with E-state index in [9.17, 15) is 9.90 Å². The molecule has 0 radical (unpaired) electrons. The third kappa shape index (κ3) is 6.41. The number of aliphatic hydroxyl groups is 1. The molecule has 1 amide bonds. The van der Waals surface area contributed by atoms with E-state index in [0.29, 0.717) is 44.9 Å². The van der Waals surface area contributed by atoms with Gasteiger partial charge in [-0.1, -0.05) is 31.5 Å². The summed E-state index contributed by atoms with van der Waals surface area (Å²) < 4.78 is 13.3. The van der Waals surface area contributed by atoms with Crippen LogP contribution in [0.3, 0.4) is 0 Å². The first-order valence-corrected chi connectivity index (χ1v) is 12.3. The Hall–Kier alpha value is -3.36. The van der Waals surface area contributed by atoms with E-state index in [-0.39, 0.29) is 17.2 Å². The van der Waals surface area contributed by atoms with Gasteiger partial charge < -0.3 is 29.6 Å². The summed E-state index contributed by atoms with van der Waals surface area (Å²) in [5, 5.41) is 16.7. The fourth-order valence-electron chi connectivity index (χ4n) is 4.09. The number of fused-ring (bicyclic) bond motifs is 3. The number of carbonyl (C=O) groups excluding carboxylic acids is 1. The number of allylic oxidation sites excluding steroid dienone is 1. The van der Waals surface area contributed by atoms with Gasteiger partial charge in [-0.15, -0.1) is 0 Å². The van der Waals surface area contributed by atoms with Crippen LogP contribution in [-0.4, -0.2) is 53.3 Å². The summed E-state index contributed by atoms with van der Waals surface area (Å²) in [5.41, 5.74) is 3.46. The average Bonchev–Trinajstić information content (AvgIpc) is 3.25. The van der Waals surface area contributed by atoms with E-state index >= 15 is 0 Å². The zero-order chi connectivity index (χ0) is 24.5. The number of hydrogen-bond acceptors (Lipinski definition) is 6. The summed E-state index contributed by atoms with van der Waals surface area (Å²) >= 11 is 0. The molecule has 186 valence electrons. The molecule has 35 heavy (non-hydrogen) atoms. The largest absolute Gasteiger partial charge is 0.511 e. The number of nitrogens with zero attached hydrogens (tertiary/aromatic N) is 2. The second-order valence-corrected chi connectivity index (χ2v) is 8.55. The van der Waals surface area contributed by atoms with Crippen LogP contribution in [0.5, 0.6) is 5.75 Å². The average molecular weight is 479 g/mol. The lowest BCUT2D eigenvalue weighted by Crippen LogP contribution is -2.26. The number of carbonyl (C=O) groups is 1. The van der Waals surface area contributed by atoms with Gasteiger partial charge in [0, 0.05) is 25.7 Å². The summed E-state index contributed by atoms with van der Waals surface area (Å²) in [6.07, 6.45) is 5.37. The molecule has 3 N–H and O–H groups in total. The van der Waals surface area contributed by atoms with Crippen LogP contribution in [0.15, 0.2) is 54.4 Å². The lowest BCUT2D eigenvalue weighted by Gasteiger charge is -2.16. The highest BCUT2D eigenvalue weighted by atomic mass is 16.5. The predicted octanol–water partition coefficient (Wildman–Crippen LogP) is 3.65. The third-order valence-electron chi connectivity index (χ3n) is 5.98. The monoisotopic (exact) mass is 478 g/mol. The molecule has 0 spiro atoms. The lowest BCUT2D eigenvalue weighted by atomic mass is 9.97. The summed E-state index contributed by atoms with van der Waals surface area (Å²) in [4.78, 5) is 17.6. The number of unbranched alkanes of at least 4 members (excludes halogenated alkanes) is 1. The van der Waals surface area contributed by atoms with Gasteiger partial charge in [0.05, 0.1) is 18.9 Å². The molecule has 1 aliphatic rings. The highest BCUT2D eigenvalue weighted by Gasteiger charge is 2.28. The van der Waals surface area contributed by atoms with Crippen LogP contribution in [0.25, 0.3) is 11.2 Å². The van der Waals surface area contributed by atoms with Gasteiger partial charge in [-0.25, -0.2) is 4.98 Å². The Morgan fingerprint density at radius 1 is 1.09 bits per heavy atom. The predicted molar refractivity (Wildman–Crippen MR) is 135 cm³/mol. The molecule has 8 nitrogen and oxygen atoms in total. The normalized spacial score (nSPS) is 13.2. The minimum Gasteiger partial charge on any atom is -0.511 e. The molecule has 0 aliphatic heterocycles. The van der Waals surface area contributed by atoms with Gasteiger partial charge in [0.25, 0.3) is 5.91 Å². The molecular weight excluding hydrogens is 444 g/mol. The van der Waals surface area contributed by atoms with Crippen LogP contribution in [0, 0.1) is 0 Å². The third-order valence-corrected chi connectivity index (χ3v) is 5.98. The Kier molecular flexibility index (Phi) is 8.75. The molecule has 3 aromatic rings. The molecule has 4 rings (SSSR count). The fourth-order valence-corrected chi connectivity index (χ4v) is 4.09. The van der Waals surface area contributed by atoms with Crippen molar-refractivity contribution in [2.45, 2.75) is 39.2 Å². The maximum atomic E-state index is 13.0. The van der Waals surface area contributed by atoms with E-state index in [4.69, 9.17) is 9.47 Å². The van der Waals surface area contributed by atoms with Crippen LogP contribution in [0.1, 0.15) is 43.1 Å². The van der Waals surface area contributed by atoms with Crippen LogP contribution in [0.4, 0.5) is 0 Å². The Morgan fingerprint density at radius 2 is 1.94 bits per heavy atom. The molecule has 2 heterocycles. The number of hydrogen-bond donors (Lipinski definition) is 3. The Balaban J connectivity index is 1.23. The minimum absolute atomic E-state index is 0.0844. The molecule has 0 saturated heterocycles. The van der Waals surface area contributed by atoms with E-state index in [1.807, 2.05) is 53.1 Å². The number of imidazole rings is 1. The smallest absolute Gasteiger partial charge is 0.257 e. The van der Waals surface area contributed by atoms with E-state index in [1.165, 1.54) is 12.8 Å². The molecule has 0 atom stereocenters. The number of ether oxygens (including phenoxy) is 2. The van der Waals surface area contributed by atoms with E-state index in [1.54, 1.807) is 0 Å². The van der Waals surface area contributed by atoms with Crippen molar-refractivity contribution in [3.8, 4) is 5.75 Å². The number of aliphatic hydroxyl groups excluding tert-OH is 1. The second-order valence-electron chi connectivity index (χ2n) is 8.55. The number of aryl methyl sites for hydroxylation is 1. The zero-order valence-corrected chi connectivity index (χ0v) is 20.3. The zero-order valence-electron chi connectivity index (χ0n) is 20.3. The number of aromatic nitrogens is 2. The molecular formula is C27H34N4O4. The van der Waals surface area contributed by atoms with Crippen molar-refractivity contribution in [1.82, 2.24) is 20.0 Å². The first-order valence-electron chi connectivity index (χ1n) is 12.3. The standard InChI is InChI=1S/C27H34N4O4/c1-2-3-13-28-14-16-34-17-18-35-21-9-7-20(8-10-21)19-29-27(33)25-23(32)12-11-22-26(25)30-24-6-4-5-15-31(22)24/h4-10,15,28,32H,2-3,11-14,16-19H2,1H3,(H,29,33). The fraction of sp³-hybridized carbons (Fsp3) is 0.407. The van der Waals surface area contributed by atoms with Crippen LogP contribution in [-0.2, 0) is 22.5 Å². The number of benzene rings is 1. The summed E-state index contributed by atoms with van der Waals surface area (Å²) in [6, 6.07) is 13.3. The summed E-state index contributed by atoms with van der Waals surface area (Å²) in [6.45, 7) is 6.10. The summed E-state index contributed by atoms with van der Waals surface area (Å²) in [7, 11) is 0. The molecule has 0 saturated carbocycles. The van der Waals surface area contributed by atoms with Crippen LogP contribution < -0.4 is 15.4 Å². The van der Waals surface area contributed by atoms with Crippen molar-refractivity contribution in [3.05, 3.63) is 71.4 Å². The Bertz CT molecular complexity index is 1150. The molecule has 0 unspecified atom stereocenters.